The number of hydrogen-bond acceptors (Lipinski definition) is 4. The highest BCUT2D eigenvalue weighted by Gasteiger charge is 2.34. The fourth-order valence-corrected chi connectivity index (χ4v) is 2.96. The van der Waals surface area contributed by atoms with E-state index < -0.39 is 0 Å². The van der Waals surface area contributed by atoms with E-state index in [1.165, 1.54) is 24.2 Å². The summed E-state index contributed by atoms with van der Waals surface area (Å²) >= 11 is 0. The molecule has 6 nitrogen and oxygen atoms in total. The van der Waals surface area contributed by atoms with Crippen LogP contribution in [0.1, 0.15) is 43.8 Å². The highest BCUT2D eigenvalue weighted by Crippen LogP contribution is 2.34. The van der Waals surface area contributed by atoms with Crippen LogP contribution in [-0.2, 0) is 0 Å². The zero-order valence-corrected chi connectivity index (χ0v) is 10.8. The second kappa shape index (κ2) is 5.21. The van der Waals surface area contributed by atoms with E-state index in [4.69, 9.17) is 4.52 Å². The number of rotatable bonds is 3. The van der Waals surface area contributed by atoms with Gasteiger partial charge in [0.15, 0.2) is 5.82 Å². The lowest BCUT2D eigenvalue weighted by Crippen LogP contribution is -2.36. The molecular weight excluding hydrogens is 246 g/mol. The van der Waals surface area contributed by atoms with Crippen LogP contribution in [0.4, 0.5) is 10.6 Å². The van der Waals surface area contributed by atoms with Crippen LogP contribution in [0.15, 0.2) is 10.6 Å². The summed E-state index contributed by atoms with van der Waals surface area (Å²) in [6.45, 7) is 0.366. The SMILES string of the molecule is O=C1NCC(CO)N1c1cc(C2CCCCC2)on1. The van der Waals surface area contributed by atoms with Crippen LogP contribution in [0.2, 0.25) is 0 Å². The molecule has 2 fully saturated rings. The largest absolute Gasteiger partial charge is 0.394 e. The fourth-order valence-electron chi connectivity index (χ4n) is 2.96. The summed E-state index contributed by atoms with van der Waals surface area (Å²) in [6.07, 6.45) is 6.00. The number of amides is 2. The van der Waals surface area contributed by atoms with Crippen molar-refractivity contribution in [3.63, 3.8) is 0 Å². The summed E-state index contributed by atoms with van der Waals surface area (Å²) in [5.41, 5.74) is 0. The normalized spacial score (nSPS) is 24.8. The number of nitrogens with one attached hydrogen (secondary N) is 1. The lowest BCUT2D eigenvalue weighted by atomic mass is 9.87. The van der Waals surface area contributed by atoms with Crippen LogP contribution in [0.5, 0.6) is 0 Å². The Labute approximate surface area is 111 Å². The predicted molar refractivity (Wildman–Crippen MR) is 69.1 cm³/mol. The molecule has 104 valence electrons. The van der Waals surface area contributed by atoms with Crippen LogP contribution >= 0.6 is 0 Å². The summed E-state index contributed by atoms with van der Waals surface area (Å²) in [4.78, 5) is 13.2. The third-order valence-corrected chi connectivity index (χ3v) is 4.05. The number of carbonyl (C=O) groups is 1. The Bertz CT molecular complexity index is 454. The Morgan fingerprint density at radius 3 is 2.95 bits per heavy atom. The van der Waals surface area contributed by atoms with Crippen LogP contribution in [0.25, 0.3) is 0 Å². The average Bonchev–Trinajstić information content (AvgIpc) is 3.05. The first-order valence-electron chi connectivity index (χ1n) is 6.94. The van der Waals surface area contributed by atoms with Crippen molar-refractivity contribution in [1.82, 2.24) is 10.5 Å². The van der Waals surface area contributed by atoms with E-state index >= 15 is 0 Å². The molecule has 3 rings (SSSR count). The Kier molecular flexibility index (Phi) is 3.42. The van der Waals surface area contributed by atoms with Gasteiger partial charge in [-0.25, -0.2) is 4.79 Å². The van der Waals surface area contributed by atoms with E-state index in [2.05, 4.69) is 10.5 Å². The van der Waals surface area contributed by atoms with Crippen molar-refractivity contribution in [2.75, 3.05) is 18.1 Å². The van der Waals surface area contributed by atoms with Crippen molar-refractivity contribution >= 4 is 11.8 Å². The molecule has 1 saturated carbocycles. The molecule has 1 saturated heterocycles. The monoisotopic (exact) mass is 265 g/mol. The molecule has 2 aliphatic rings. The van der Waals surface area contributed by atoms with E-state index in [9.17, 15) is 9.90 Å². The maximum absolute atomic E-state index is 11.8. The van der Waals surface area contributed by atoms with E-state index in [1.54, 1.807) is 0 Å². The number of carbonyl (C=O) groups excluding carboxylic acids is 1. The molecule has 0 bridgehead atoms. The molecular formula is C13H19N3O3. The number of nitrogens with zero attached hydrogens (tertiary/aromatic N) is 2. The molecule has 1 atom stereocenters. The van der Waals surface area contributed by atoms with Crippen molar-refractivity contribution in [3.05, 3.63) is 11.8 Å². The van der Waals surface area contributed by atoms with Crippen molar-refractivity contribution in [2.45, 2.75) is 44.1 Å². The van der Waals surface area contributed by atoms with Gasteiger partial charge in [-0.3, -0.25) is 4.90 Å². The fraction of sp³-hybridized carbons (Fsp3) is 0.692. The maximum atomic E-state index is 11.8. The topological polar surface area (TPSA) is 78.6 Å². The van der Waals surface area contributed by atoms with Gasteiger partial charge in [0, 0.05) is 18.5 Å². The first-order chi connectivity index (χ1) is 9.29. The van der Waals surface area contributed by atoms with E-state index in [1.807, 2.05) is 6.07 Å². The Balaban J connectivity index is 1.78. The van der Waals surface area contributed by atoms with E-state index in [-0.39, 0.29) is 18.7 Å². The van der Waals surface area contributed by atoms with Gasteiger partial charge in [-0.1, -0.05) is 24.4 Å². The molecule has 2 heterocycles. The summed E-state index contributed by atoms with van der Waals surface area (Å²) in [5, 5.41) is 16.0. The van der Waals surface area contributed by atoms with Crippen molar-refractivity contribution < 1.29 is 14.4 Å². The highest BCUT2D eigenvalue weighted by molar-refractivity contribution is 5.94. The minimum absolute atomic E-state index is 0.0790. The van der Waals surface area contributed by atoms with Crippen LogP contribution < -0.4 is 10.2 Å². The minimum Gasteiger partial charge on any atom is -0.394 e. The van der Waals surface area contributed by atoms with Gasteiger partial charge < -0.3 is 14.9 Å². The molecule has 2 amide bonds. The van der Waals surface area contributed by atoms with Crippen molar-refractivity contribution in [2.24, 2.45) is 0 Å². The van der Waals surface area contributed by atoms with Gasteiger partial charge in [0.25, 0.3) is 0 Å². The van der Waals surface area contributed by atoms with Crippen LogP contribution in [0, 0.1) is 0 Å². The number of aliphatic hydroxyl groups excluding tert-OH is 1. The lowest BCUT2D eigenvalue weighted by molar-refractivity contribution is 0.246. The molecule has 19 heavy (non-hydrogen) atoms. The summed E-state index contributed by atoms with van der Waals surface area (Å²) in [7, 11) is 0. The second-order valence-corrected chi connectivity index (χ2v) is 5.31. The van der Waals surface area contributed by atoms with Gasteiger partial charge in [0.2, 0.25) is 0 Å². The third-order valence-electron chi connectivity index (χ3n) is 4.05. The van der Waals surface area contributed by atoms with E-state index in [0.717, 1.165) is 18.6 Å². The van der Waals surface area contributed by atoms with Gasteiger partial charge in [0.1, 0.15) is 5.76 Å². The van der Waals surface area contributed by atoms with Crippen molar-refractivity contribution in [1.29, 1.82) is 0 Å². The molecule has 0 radical (unpaired) electrons. The standard InChI is InChI=1S/C13H19N3O3/c17-8-10-7-14-13(18)16(10)12-6-11(19-15-12)9-4-2-1-3-5-9/h6,9-10,17H,1-5,7-8H2,(H,14,18). The number of urea groups is 1. The summed E-state index contributed by atoms with van der Waals surface area (Å²) in [5.74, 6) is 1.80. The van der Waals surface area contributed by atoms with Gasteiger partial charge in [-0.15, -0.1) is 0 Å². The Morgan fingerprint density at radius 1 is 1.42 bits per heavy atom. The lowest BCUT2D eigenvalue weighted by Gasteiger charge is -2.19. The van der Waals surface area contributed by atoms with Gasteiger partial charge in [0.05, 0.1) is 12.6 Å². The maximum Gasteiger partial charge on any atom is 0.323 e. The quantitative estimate of drug-likeness (QED) is 0.870. The molecule has 0 spiro atoms. The van der Waals surface area contributed by atoms with Gasteiger partial charge in [-0.05, 0) is 12.8 Å². The number of hydrogen-bond donors (Lipinski definition) is 2. The first-order valence-corrected chi connectivity index (χ1v) is 6.94. The molecule has 1 aliphatic carbocycles. The second-order valence-electron chi connectivity index (χ2n) is 5.31. The van der Waals surface area contributed by atoms with Gasteiger partial charge >= 0.3 is 6.03 Å². The Morgan fingerprint density at radius 2 is 2.21 bits per heavy atom. The molecule has 1 aromatic rings. The molecule has 1 aromatic heterocycles. The first kappa shape index (κ1) is 12.5. The summed E-state index contributed by atoms with van der Waals surface area (Å²) < 4.78 is 5.40. The summed E-state index contributed by atoms with van der Waals surface area (Å²) in [6, 6.07) is 1.38. The molecule has 0 aromatic carbocycles. The number of aliphatic hydroxyl groups is 1. The number of anilines is 1. The predicted octanol–water partition coefficient (Wildman–Crippen LogP) is 1.61. The van der Waals surface area contributed by atoms with E-state index in [0.29, 0.717) is 18.3 Å². The Hall–Kier alpha value is -1.56. The van der Waals surface area contributed by atoms with Crippen molar-refractivity contribution in [3.8, 4) is 0 Å². The highest BCUT2D eigenvalue weighted by atomic mass is 16.5. The zero-order chi connectivity index (χ0) is 13.2. The molecule has 1 unspecified atom stereocenters. The molecule has 1 aliphatic heterocycles. The minimum atomic E-state index is -0.253. The zero-order valence-electron chi connectivity index (χ0n) is 10.8. The third kappa shape index (κ3) is 2.32. The average molecular weight is 265 g/mol. The smallest absolute Gasteiger partial charge is 0.323 e. The van der Waals surface area contributed by atoms with Crippen LogP contribution in [-0.4, -0.2) is 35.5 Å². The molecule has 2 N–H and O–H groups in total. The molecule has 6 heteroatoms. The van der Waals surface area contributed by atoms with Gasteiger partial charge in [-0.2, -0.15) is 0 Å². The number of aromatic nitrogens is 1. The van der Waals surface area contributed by atoms with Crippen LogP contribution in [0.3, 0.4) is 0 Å².